The van der Waals surface area contributed by atoms with E-state index in [0.717, 1.165) is 11.8 Å². The third-order valence-corrected chi connectivity index (χ3v) is 3.33. The fourth-order valence-electron chi connectivity index (χ4n) is 2.17. The van der Waals surface area contributed by atoms with Gasteiger partial charge in [-0.15, -0.1) is 0 Å². The molecule has 1 aliphatic rings. The molecule has 1 saturated carbocycles. The molecule has 0 nitrogen and oxygen atoms in total. The summed E-state index contributed by atoms with van der Waals surface area (Å²) in [6.45, 7) is 6.70. The Morgan fingerprint density at radius 1 is 1.14 bits per heavy atom. The Morgan fingerprint density at radius 3 is 2.57 bits per heavy atom. The second-order valence-electron chi connectivity index (χ2n) is 5.12. The SMILES string of the molecule is CCCCCC[C@H]1C[C@@H]1CC=C(C)C. The largest absolute Gasteiger partial charge is 0.0856 e. The topological polar surface area (TPSA) is 0 Å². The van der Waals surface area contributed by atoms with Crippen molar-refractivity contribution < 1.29 is 0 Å². The summed E-state index contributed by atoms with van der Waals surface area (Å²) in [6, 6.07) is 0. The van der Waals surface area contributed by atoms with Crippen LogP contribution in [-0.4, -0.2) is 0 Å². The minimum Gasteiger partial charge on any atom is -0.0856 e. The zero-order valence-corrected chi connectivity index (χ0v) is 10.2. The quantitative estimate of drug-likeness (QED) is 0.397. The van der Waals surface area contributed by atoms with Gasteiger partial charge in [-0.25, -0.2) is 0 Å². The maximum absolute atomic E-state index is 2.41. The van der Waals surface area contributed by atoms with Crippen molar-refractivity contribution in [2.45, 2.75) is 65.7 Å². The van der Waals surface area contributed by atoms with Crippen molar-refractivity contribution in [1.82, 2.24) is 0 Å². The Morgan fingerprint density at radius 2 is 1.93 bits per heavy atom. The van der Waals surface area contributed by atoms with Crippen molar-refractivity contribution >= 4 is 0 Å². The lowest BCUT2D eigenvalue weighted by Gasteiger charge is -1.98. The molecule has 0 heteroatoms. The average Bonchev–Trinajstić information content (AvgIpc) is 2.88. The monoisotopic (exact) mass is 194 g/mol. The van der Waals surface area contributed by atoms with Crippen molar-refractivity contribution in [3.63, 3.8) is 0 Å². The lowest BCUT2D eigenvalue weighted by molar-refractivity contribution is 0.568. The molecule has 0 aromatic heterocycles. The molecule has 0 aliphatic heterocycles. The van der Waals surface area contributed by atoms with E-state index in [9.17, 15) is 0 Å². The van der Waals surface area contributed by atoms with Crippen LogP contribution in [0.3, 0.4) is 0 Å². The molecular formula is C14H26. The molecule has 0 radical (unpaired) electrons. The second-order valence-corrected chi connectivity index (χ2v) is 5.12. The summed E-state index contributed by atoms with van der Waals surface area (Å²) in [4.78, 5) is 0. The Kier molecular flexibility index (Phi) is 5.29. The van der Waals surface area contributed by atoms with Crippen LogP contribution in [0.4, 0.5) is 0 Å². The van der Waals surface area contributed by atoms with Gasteiger partial charge in [0, 0.05) is 0 Å². The molecule has 82 valence electrons. The molecule has 14 heavy (non-hydrogen) atoms. The first-order chi connectivity index (χ1) is 6.74. The van der Waals surface area contributed by atoms with E-state index in [1.165, 1.54) is 50.5 Å². The summed E-state index contributed by atoms with van der Waals surface area (Å²) in [5.41, 5.74) is 1.49. The summed E-state index contributed by atoms with van der Waals surface area (Å²) >= 11 is 0. The van der Waals surface area contributed by atoms with Crippen LogP contribution in [-0.2, 0) is 0 Å². The summed E-state index contributed by atoms with van der Waals surface area (Å²) in [6.07, 6.45) is 12.5. The minimum atomic E-state index is 1.05. The summed E-state index contributed by atoms with van der Waals surface area (Å²) in [5, 5.41) is 0. The number of unbranched alkanes of at least 4 members (excludes halogenated alkanes) is 3. The fraction of sp³-hybridized carbons (Fsp3) is 0.857. The third kappa shape index (κ3) is 4.83. The highest BCUT2D eigenvalue weighted by Crippen LogP contribution is 2.45. The van der Waals surface area contributed by atoms with Crippen LogP contribution in [0.5, 0.6) is 0 Å². The van der Waals surface area contributed by atoms with Crippen LogP contribution in [0.2, 0.25) is 0 Å². The van der Waals surface area contributed by atoms with Crippen LogP contribution in [0, 0.1) is 11.8 Å². The van der Waals surface area contributed by atoms with Gasteiger partial charge in [0.1, 0.15) is 0 Å². The molecule has 0 bridgehead atoms. The van der Waals surface area contributed by atoms with Gasteiger partial charge in [-0.1, -0.05) is 50.7 Å². The lowest BCUT2D eigenvalue weighted by atomic mass is 10.1. The van der Waals surface area contributed by atoms with E-state index in [-0.39, 0.29) is 0 Å². The molecule has 1 fully saturated rings. The first kappa shape index (κ1) is 11.8. The maximum atomic E-state index is 2.41. The standard InChI is InChI=1S/C14H26/c1-4-5-6-7-8-13-11-14(13)10-9-12(2)3/h9,13-14H,4-8,10-11H2,1-3H3/t13-,14-/m0/s1. The predicted molar refractivity (Wildman–Crippen MR) is 64.4 cm³/mol. The first-order valence-corrected chi connectivity index (χ1v) is 6.37. The van der Waals surface area contributed by atoms with Gasteiger partial charge >= 0.3 is 0 Å². The van der Waals surface area contributed by atoms with Crippen LogP contribution in [0.25, 0.3) is 0 Å². The Balaban J connectivity index is 1.95. The second kappa shape index (κ2) is 6.27. The molecular weight excluding hydrogens is 168 g/mol. The van der Waals surface area contributed by atoms with Gasteiger partial charge in [0.15, 0.2) is 0 Å². The van der Waals surface area contributed by atoms with Crippen molar-refractivity contribution in [2.75, 3.05) is 0 Å². The zero-order valence-electron chi connectivity index (χ0n) is 10.2. The molecule has 0 spiro atoms. The Bertz CT molecular complexity index is 174. The molecule has 1 aliphatic carbocycles. The van der Waals surface area contributed by atoms with E-state index in [1.54, 1.807) is 0 Å². The van der Waals surface area contributed by atoms with Crippen LogP contribution < -0.4 is 0 Å². The summed E-state index contributed by atoms with van der Waals surface area (Å²) in [7, 11) is 0. The van der Waals surface area contributed by atoms with E-state index in [0.29, 0.717) is 0 Å². The molecule has 0 saturated heterocycles. The molecule has 1 rings (SSSR count). The smallest absolute Gasteiger partial charge is 0.0317 e. The van der Waals surface area contributed by atoms with E-state index in [4.69, 9.17) is 0 Å². The van der Waals surface area contributed by atoms with Gasteiger partial charge in [0.25, 0.3) is 0 Å². The molecule has 0 unspecified atom stereocenters. The van der Waals surface area contributed by atoms with Gasteiger partial charge in [-0.3, -0.25) is 0 Å². The van der Waals surface area contributed by atoms with Crippen LogP contribution in [0.15, 0.2) is 11.6 Å². The lowest BCUT2D eigenvalue weighted by Crippen LogP contribution is -1.84. The average molecular weight is 194 g/mol. The summed E-state index contributed by atoms with van der Waals surface area (Å²) in [5.74, 6) is 2.13. The molecule has 0 heterocycles. The normalized spacial score (nSPS) is 24.8. The van der Waals surface area contributed by atoms with Crippen LogP contribution >= 0.6 is 0 Å². The van der Waals surface area contributed by atoms with Crippen molar-refractivity contribution in [1.29, 1.82) is 0 Å². The van der Waals surface area contributed by atoms with E-state index < -0.39 is 0 Å². The van der Waals surface area contributed by atoms with Gasteiger partial charge < -0.3 is 0 Å². The van der Waals surface area contributed by atoms with Gasteiger partial charge in [-0.05, 0) is 38.5 Å². The zero-order chi connectivity index (χ0) is 10.4. The van der Waals surface area contributed by atoms with E-state index in [1.807, 2.05) is 0 Å². The Hall–Kier alpha value is -0.260. The number of rotatable bonds is 7. The van der Waals surface area contributed by atoms with Crippen LogP contribution in [0.1, 0.15) is 65.7 Å². The first-order valence-electron chi connectivity index (χ1n) is 6.37. The Labute approximate surface area is 89.8 Å². The van der Waals surface area contributed by atoms with E-state index >= 15 is 0 Å². The van der Waals surface area contributed by atoms with Gasteiger partial charge in [-0.2, -0.15) is 0 Å². The minimum absolute atomic E-state index is 1.05. The van der Waals surface area contributed by atoms with Crippen molar-refractivity contribution in [3.8, 4) is 0 Å². The predicted octanol–water partition coefficient (Wildman–Crippen LogP) is 4.95. The maximum Gasteiger partial charge on any atom is -0.0317 e. The van der Waals surface area contributed by atoms with Crippen molar-refractivity contribution in [3.05, 3.63) is 11.6 Å². The fourth-order valence-corrected chi connectivity index (χ4v) is 2.17. The molecule has 2 atom stereocenters. The molecule has 0 N–H and O–H groups in total. The summed E-state index contributed by atoms with van der Waals surface area (Å²) < 4.78 is 0. The molecule has 0 aromatic rings. The van der Waals surface area contributed by atoms with Gasteiger partial charge in [0.2, 0.25) is 0 Å². The molecule has 0 amide bonds. The third-order valence-electron chi connectivity index (χ3n) is 3.33. The van der Waals surface area contributed by atoms with E-state index in [2.05, 4.69) is 26.8 Å². The number of hydrogen-bond donors (Lipinski definition) is 0. The number of allylic oxidation sites excluding steroid dienone is 2. The highest BCUT2D eigenvalue weighted by atomic mass is 14.4. The molecule has 0 aromatic carbocycles. The van der Waals surface area contributed by atoms with Gasteiger partial charge in [0.05, 0.1) is 0 Å². The highest BCUT2D eigenvalue weighted by molar-refractivity contribution is 4.99. The highest BCUT2D eigenvalue weighted by Gasteiger charge is 2.34. The van der Waals surface area contributed by atoms with Crippen molar-refractivity contribution in [2.24, 2.45) is 11.8 Å². The number of hydrogen-bond acceptors (Lipinski definition) is 0.